The van der Waals surface area contributed by atoms with Crippen LogP contribution in [0.5, 0.6) is 5.75 Å². The lowest BCUT2D eigenvalue weighted by atomic mass is 9.98. The molecule has 5 nitrogen and oxygen atoms in total. The molecule has 0 unspecified atom stereocenters. The maximum absolute atomic E-state index is 9.16. The van der Waals surface area contributed by atoms with Gasteiger partial charge in [0.05, 0.1) is 12.3 Å². The van der Waals surface area contributed by atoms with Gasteiger partial charge in [-0.1, -0.05) is 12.1 Å². The Morgan fingerprint density at radius 2 is 1.88 bits per heavy atom. The zero-order valence-electron chi connectivity index (χ0n) is 14.0. The molecule has 0 radical (unpaired) electrons. The van der Waals surface area contributed by atoms with Crippen LogP contribution in [0.4, 0.5) is 0 Å². The van der Waals surface area contributed by atoms with Gasteiger partial charge in [0.2, 0.25) is 0 Å². The summed E-state index contributed by atoms with van der Waals surface area (Å²) in [6.07, 6.45) is 5.87. The first-order valence-corrected chi connectivity index (χ1v) is 7.59. The third-order valence-corrected chi connectivity index (χ3v) is 3.36. The van der Waals surface area contributed by atoms with Gasteiger partial charge in [0.25, 0.3) is 5.97 Å². The molecule has 24 heavy (non-hydrogen) atoms. The molecule has 126 valence electrons. The third kappa shape index (κ3) is 4.67. The molecule has 1 aromatic heterocycles. The van der Waals surface area contributed by atoms with Gasteiger partial charge < -0.3 is 14.9 Å². The summed E-state index contributed by atoms with van der Waals surface area (Å²) >= 11 is 0. The first kappa shape index (κ1) is 17.7. The van der Waals surface area contributed by atoms with Gasteiger partial charge in [-0.3, -0.25) is 9.78 Å². The van der Waals surface area contributed by atoms with E-state index in [0.29, 0.717) is 5.69 Å². The van der Waals surface area contributed by atoms with Gasteiger partial charge in [0.15, 0.2) is 0 Å². The van der Waals surface area contributed by atoms with Crippen LogP contribution in [0.3, 0.4) is 0 Å². The van der Waals surface area contributed by atoms with Gasteiger partial charge in [-0.15, -0.1) is 0 Å². The van der Waals surface area contributed by atoms with Crippen molar-refractivity contribution in [2.45, 2.75) is 33.0 Å². The van der Waals surface area contributed by atoms with Crippen molar-refractivity contribution in [1.29, 1.82) is 0 Å². The number of aliphatic carboxylic acids is 1. The summed E-state index contributed by atoms with van der Waals surface area (Å²) in [6.45, 7) is 5.11. The molecular weight excluding hydrogens is 306 g/mol. The molecule has 0 bridgehead atoms. The van der Waals surface area contributed by atoms with Crippen LogP contribution in [-0.4, -0.2) is 26.8 Å². The second-order valence-electron chi connectivity index (χ2n) is 6.00. The smallest absolute Gasteiger partial charge is 0.300 e. The number of benzene rings is 1. The van der Waals surface area contributed by atoms with E-state index in [0.717, 1.165) is 29.4 Å². The minimum atomic E-state index is -0.833. The number of nitrogens with zero attached hydrogens (tertiary/aromatic N) is 1. The number of carbonyl (C=O) groups is 1. The van der Waals surface area contributed by atoms with E-state index in [1.165, 1.54) is 0 Å². The molecule has 5 heteroatoms. The Kier molecular flexibility index (Phi) is 5.36. The Bertz CT molecular complexity index is 762. The molecule has 3 rings (SSSR count). The number of carboxylic acids is 1. The van der Waals surface area contributed by atoms with Crippen molar-refractivity contribution in [3.8, 4) is 16.9 Å². The summed E-state index contributed by atoms with van der Waals surface area (Å²) in [7, 11) is 0. The predicted octanol–water partition coefficient (Wildman–Crippen LogP) is 3.52. The lowest BCUT2D eigenvalue weighted by Gasteiger charge is -2.28. The highest BCUT2D eigenvalue weighted by atomic mass is 16.5. The molecule has 0 aliphatic carbocycles. The first-order valence-electron chi connectivity index (χ1n) is 7.59. The number of hydrogen-bond acceptors (Lipinski definition) is 4. The number of hydrogen-bond donors (Lipinski definition) is 2. The summed E-state index contributed by atoms with van der Waals surface area (Å²) in [5.74, 6) is 0.0673. The van der Waals surface area contributed by atoms with Gasteiger partial charge in [-0.25, -0.2) is 0 Å². The minimum absolute atomic E-state index is 0.0457. The van der Waals surface area contributed by atoms with E-state index in [1.807, 2.05) is 38.1 Å². The maximum Gasteiger partial charge on any atom is 0.300 e. The van der Waals surface area contributed by atoms with E-state index < -0.39 is 5.97 Å². The average Bonchev–Trinajstić information content (AvgIpc) is 2.53. The Balaban J connectivity index is 0.000000471. The van der Waals surface area contributed by atoms with Crippen molar-refractivity contribution in [2.24, 2.45) is 0 Å². The van der Waals surface area contributed by atoms with Crippen molar-refractivity contribution < 1.29 is 19.7 Å². The highest BCUT2D eigenvalue weighted by Crippen LogP contribution is 2.34. The summed E-state index contributed by atoms with van der Waals surface area (Å²) in [6, 6.07) is 9.97. The number of aromatic nitrogens is 1. The number of aliphatic hydroxyl groups is 1. The van der Waals surface area contributed by atoms with E-state index in [4.69, 9.17) is 19.7 Å². The van der Waals surface area contributed by atoms with E-state index in [9.17, 15) is 0 Å². The third-order valence-electron chi connectivity index (χ3n) is 3.36. The minimum Gasteiger partial charge on any atom is -0.483 e. The van der Waals surface area contributed by atoms with E-state index in [-0.39, 0.29) is 12.2 Å². The first-order chi connectivity index (χ1) is 11.3. The molecular formula is C19H21NO4. The Morgan fingerprint density at radius 3 is 2.54 bits per heavy atom. The molecule has 0 amide bonds. The quantitative estimate of drug-likeness (QED) is 0.882. The fourth-order valence-corrected chi connectivity index (χ4v) is 2.30. The van der Waals surface area contributed by atoms with Gasteiger partial charge >= 0.3 is 0 Å². The number of carboxylic acid groups (broad SMARTS) is 1. The van der Waals surface area contributed by atoms with Crippen LogP contribution in [-0.2, 0) is 11.4 Å². The van der Waals surface area contributed by atoms with Crippen molar-refractivity contribution in [2.75, 3.05) is 0 Å². The van der Waals surface area contributed by atoms with Gasteiger partial charge in [0, 0.05) is 18.7 Å². The maximum atomic E-state index is 9.16. The molecule has 0 saturated carbocycles. The van der Waals surface area contributed by atoms with E-state index in [1.54, 1.807) is 6.20 Å². The number of fused-ring (bicyclic) bond motifs is 1. The second-order valence-corrected chi connectivity index (χ2v) is 6.00. The fourth-order valence-electron chi connectivity index (χ4n) is 2.30. The predicted molar refractivity (Wildman–Crippen MR) is 92.6 cm³/mol. The highest BCUT2D eigenvalue weighted by molar-refractivity contribution is 5.71. The molecule has 2 aromatic rings. The number of aliphatic hydroxyl groups excluding tert-OH is 1. The standard InChI is InChI=1S/C17H17NO2.C2H4O2/c1-17(2)7-5-14-9-12(3-4-16(14)20-17)13-6-8-18-15(10-13)11-19;1-2(3)4/h3-10,19H,11H2,1-2H3;1H3,(H,3,4). The molecule has 1 aromatic carbocycles. The Labute approximate surface area is 141 Å². The monoisotopic (exact) mass is 327 g/mol. The summed E-state index contributed by atoms with van der Waals surface area (Å²) < 4.78 is 5.92. The van der Waals surface area contributed by atoms with Crippen LogP contribution >= 0.6 is 0 Å². The Morgan fingerprint density at radius 1 is 1.21 bits per heavy atom. The summed E-state index contributed by atoms with van der Waals surface area (Å²) in [5.41, 5.74) is 3.63. The van der Waals surface area contributed by atoms with Crippen molar-refractivity contribution in [3.05, 3.63) is 53.9 Å². The molecule has 2 heterocycles. The largest absolute Gasteiger partial charge is 0.483 e. The topological polar surface area (TPSA) is 79.7 Å². The summed E-state index contributed by atoms with van der Waals surface area (Å²) in [4.78, 5) is 13.1. The van der Waals surface area contributed by atoms with Crippen molar-refractivity contribution in [3.63, 3.8) is 0 Å². The van der Waals surface area contributed by atoms with Gasteiger partial charge in [-0.2, -0.15) is 0 Å². The number of ether oxygens (including phenoxy) is 1. The van der Waals surface area contributed by atoms with Crippen LogP contribution in [0.15, 0.2) is 42.6 Å². The average molecular weight is 327 g/mol. The number of rotatable bonds is 2. The van der Waals surface area contributed by atoms with Crippen LogP contribution in [0.25, 0.3) is 17.2 Å². The molecule has 2 N–H and O–H groups in total. The lowest BCUT2D eigenvalue weighted by molar-refractivity contribution is -0.134. The van der Waals surface area contributed by atoms with Gasteiger partial charge in [-0.05, 0) is 55.3 Å². The van der Waals surface area contributed by atoms with Crippen LogP contribution in [0.2, 0.25) is 0 Å². The molecule has 0 spiro atoms. The molecule has 0 fully saturated rings. The fraction of sp³-hybridized carbons (Fsp3) is 0.263. The molecule has 1 aliphatic heterocycles. The lowest BCUT2D eigenvalue weighted by Crippen LogP contribution is -2.27. The highest BCUT2D eigenvalue weighted by Gasteiger charge is 2.21. The van der Waals surface area contributed by atoms with Crippen LogP contribution in [0, 0.1) is 0 Å². The molecule has 0 saturated heterocycles. The van der Waals surface area contributed by atoms with Crippen molar-refractivity contribution in [1.82, 2.24) is 4.98 Å². The zero-order valence-corrected chi connectivity index (χ0v) is 14.0. The van der Waals surface area contributed by atoms with E-state index >= 15 is 0 Å². The van der Waals surface area contributed by atoms with Crippen LogP contribution < -0.4 is 4.74 Å². The summed E-state index contributed by atoms with van der Waals surface area (Å²) in [5, 5.41) is 16.6. The van der Waals surface area contributed by atoms with E-state index in [2.05, 4.69) is 23.2 Å². The zero-order chi connectivity index (χ0) is 17.7. The van der Waals surface area contributed by atoms with Crippen molar-refractivity contribution >= 4 is 12.0 Å². The normalized spacial score (nSPS) is 14.0. The second kappa shape index (κ2) is 7.27. The molecule has 0 atom stereocenters. The Hall–Kier alpha value is -2.66. The van der Waals surface area contributed by atoms with Crippen LogP contribution in [0.1, 0.15) is 32.0 Å². The number of pyridine rings is 1. The SMILES string of the molecule is CC(=O)O.CC1(C)C=Cc2cc(-c3ccnc(CO)c3)ccc2O1. The van der Waals surface area contributed by atoms with Gasteiger partial charge in [0.1, 0.15) is 11.4 Å². The molecule has 1 aliphatic rings.